The van der Waals surface area contributed by atoms with Crippen LogP contribution in [0.4, 0.5) is 5.13 Å². The Morgan fingerprint density at radius 3 is 2.23 bits per heavy atom. The number of nitrogens with zero attached hydrogens (tertiary/aromatic N) is 1. The van der Waals surface area contributed by atoms with Crippen LogP contribution in [-0.2, 0) is 0 Å². The summed E-state index contributed by atoms with van der Waals surface area (Å²) < 4.78 is 0. The lowest BCUT2D eigenvalue weighted by Crippen LogP contribution is -2.54. The van der Waals surface area contributed by atoms with Crippen LogP contribution < -0.4 is 5.32 Å². The molecule has 1 aromatic heterocycles. The van der Waals surface area contributed by atoms with Crippen molar-refractivity contribution in [1.82, 2.24) is 4.98 Å². The van der Waals surface area contributed by atoms with Crippen molar-refractivity contribution >= 4 is 16.5 Å². The number of rotatable bonds is 3. The summed E-state index contributed by atoms with van der Waals surface area (Å²) in [6.07, 6.45) is 8.61. The van der Waals surface area contributed by atoms with Gasteiger partial charge in [0, 0.05) is 16.5 Å². The summed E-state index contributed by atoms with van der Waals surface area (Å²) in [5, 5.41) is 7.20. The van der Waals surface area contributed by atoms with Gasteiger partial charge in [-0.15, -0.1) is 11.3 Å². The molecule has 3 heteroatoms. The molecule has 1 heterocycles. The Morgan fingerprint density at radius 1 is 0.955 bits per heavy atom. The largest absolute Gasteiger partial charge is 0.356 e. The second kappa shape index (κ2) is 4.82. The Kier molecular flexibility index (Phi) is 2.88. The fourth-order valence-electron chi connectivity index (χ4n) is 5.56. The molecule has 0 saturated heterocycles. The highest BCUT2D eigenvalue weighted by Gasteiger charge is 2.51. The molecule has 2 nitrogen and oxygen atoms in total. The normalized spacial score (nSPS) is 35.7. The van der Waals surface area contributed by atoms with Crippen LogP contribution in [0.5, 0.6) is 0 Å². The maximum Gasteiger partial charge on any atom is 0.183 e. The second-order valence-electron chi connectivity index (χ2n) is 7.73. The van der Waals surface area contributed by atoms with Crippen molar-refractivity contribution in [2.24, 2.45) is 17.8 Å². The maximum atomic E-state index is 4.86. The predicted molar refractivity (Wildman–Crippen MR) is 92.1 cm³/mol. The van der Waals surface area contributed by atoms with Gasteiger partial charge in [0.15, 0.2) is 5.13 Å². The lowest BCUT2D eigenvalue weighted by molar-refractivity contribution is 0.0107. The van der Waals surface area contributed by atoms with Gasteiger partial charge in [0.05, 0.1) is 5.69 Å². The molecule has 4 bridgehead atoms. The van der Waals surface area contributed by atoms with E-state index in [0.717, 1.165) is 28.6 Å². The molecule has 2 aromatic rings. The molecule has 0 spiro atoms. The summed E-state index contributed by atoms with van der Waals surface area (Å²) >= 11 is 1.77. The number of hydrogen-bond donors (Lipinski definition) is 1. The summed E-state index contributed by atoms with van der Waals surface area (Å²) in [4.78, 5) is 4.86. The maximum absolute atomic E-state index is 4.86. The van der Waals surface area contributed by atoms with Gasteiger partial charge in [0.1, 0.15) is 0 Å². The van der Waals surface area contributed by atoms with E-state index in [1.54, 1.807) is 11.3 Å². The molecular weight excluding hydrogens is 288 g/mol. The summed E-state index contributed by atoms with van der Waals surface area (Å²) in [7, 11) is 0. The molecule has 0 amide bonds. The van der Waals surface area contributed by atoms with Crippen LogP contribution >= 0.6 is 11.3 Å². The Hall–Kier alpha value is -1.35. The van der Waals surface area contributed by atoms with Crippen LogP contribution in [0.3, 0.4) is 0 Å². The van der Waals surface area contributed by atoms with Gasteiger partial charge >= 0.3 is 0 Å². The fraction of sp³-hybridized carbons (Fsp3) is 0.526. The van der Waals surface area contributed by atoms with Gasteiger partial charge in [-0.25, -0.2) is 4.98 Å². The van der Waals surface area contributed by atoms with Crippen molar-refractivity contribution in [3.05, 3.63) is 35.7 Å². The number of anilines is 1. The number of aromatic nitrogens is 1. The first-order chi connectivity index (χ1) is 10.8. The van der Waals surface area contributed by atoms with E-state index in [-0.39, 0.29) is 0 Å². The third-order valence-corrected chi connectivity index (χ3v) is 6.74. The topological polar surface area (TPSA) is 24.9 Å². The average molecular weight is 310 g/mol. The molecule has 4 aliphatic carbocycles. The molecule has 0 radical (unpaired) electrons. The number of nitrogens with one attached hydrogen (secondary N) is 1. The van der Waals surface area contributed by atoms with Crippen molar-refractivity contribution < 1.29 is 0 Å². The standard InChI is InChI=1S/C19H22N2S/c1-2-4-16(5-3-1)17-12-22-18(20-17)21-19-9-13-6-14(10-19)8-15(7-13)11-19/h1-5,12-15H,6-11H2,(H,20,21). The van der Waals surface area contributed by atoms with Gasteiger partial charge < -0.3 is 5.32 Å². The summed E-state index contributed by atoms with van der Waals surface area (Å²) in [5.74, 6) is 2.94. The van der Waals surface area contributed by atoms with E-state index in [9.17, 15) is 0 Å². The van der Waals surface area contributed by atoms with Crippen LogP contribution in [0.1, 0.15) is 38.5 Å². The third kappa shape index (κ3) is 2.18. The van der Waals surface area contributed by atoms with Crippen LogP contribution in [0, 0.1) is 17.8 Å². The first-order valence-corrected chi connectivity index (χ1v) is 9.45. The molecule has 0 aliphatic heterocycles. The van der Waals surface area contributed by atoms with Crippen molar-refractivity contribution in [2.45, 2.75) is 44.1 Å². The number of benzene rings is 1. The zero-order valence-electron chi connectivity index (χ0n) is 12.8. The highest BCUT2D eigenvalue weighted by atomic mass is 32.1. The second-order valence-corrected chi connectivity index (χ2v) is 8.58. The van der Waals surface area contributed by atoms with E-state index in [2.05, 4.69) is 41.0 Å². The van der Waals surface area contributed by atoms with Crippen molar-refractivity contribution in [1.29, 1.82) is 0 Å². The van der Waals surface area contributed by atoms with E-state index in [0.29, 0.717) is 5.54 Å². The molecule has 114 valence electrons. The molecule has 4 saturated carbocycles. The monoisotopic (exact) mass is 310 g/mol. The molecule has 0 atom stereocenters. The van der Waals surface area contributed by atoms with Crippen LogP contribution in [0.25, 0.3) is 11.3 Å². The quantitative estimate of drug-likeness (QED) is 0.843. The van der Waals surface area contributed by atoms with E-state index in [4.69, 9.17) is 4.98 Å². The van der Waals surface area contributed by atoms with E-state index in [1.165, 1.54) is 44.1 Å². The minimum Gasteiger partial charge on any atom is -0.356 e. The molecule has 6 rings (SSSR count). The molecule has 1 N–H and O–H groups in total. The lowest BCUT2D eigenvalue weighted by atomic mass is 9.53. The van der Waals surface area contributed by atoms with E-state index < -0.39 is 0 Å². The minimum absolute atomic E-state index is 0.362. The zero-order valence-corrected chi connectivity index (χ0v) is 13.6. The van der Waals surface area contributed by atoms with Gasteiger partial charge in [-0.3, -0.25) is 0 Å². The third-order valence-electron chi connectivity index (χ3n) is 5.98. The van der Waals surface area contributed by atoms with E-state index >= 15 is 0 Å². The predicted octanol–water partition coefficient (Wildman–Crippen LogP) is 5.19. The fourth-order valence-corrected chi connectivity index (χ4v) is 6.40. The number of thiazole rings is 1. The van der Waals surface area contributed by atoms with Gasteiger partial charge in [-0.05, 0) is 56.3 Å². The summed E-state index contributed by atoms with van der Waals surface area (Å²) in [6, 6.07) is 10.5. The van der Waals surface area contributed by atoms with E-state index in [1.807, 2.05) is 0 Å². The molecule has 1 aromatic carbocycles. The van der Waals surface area contributed by atoms with Crippen LogP contribution in [-0.4, -0.2) is 10.5 Å². The molecule has 4 aliphatic rings. The van der Waals surface area contributed by atoms with Crippen LogP contribution in [0.15, 0.2) is 35.7 Å². The smallest absolute Gasteiger partial charge is 0.183 e. The Balaban J connectivity index is 1.39. The first-order valence-electron chi connectivity index (χ1n) is 8.57. The molecule has 4 fully saturated rings. The summed E-state index contributed by atoms with van der Waals surface area (Å²) in [6.45, 7) is 0. The van der Waals surface area contributed by atoms with Gasteiger partial charge in [0.2, 0.25) is 0 Å². The number of hydrogen-bond acceptors (Lipinski definition) is 3. The lowest BCUT2D eigenvalue weighted by Gasteiger charge is -2.56. The van der Waals surface area contributed by atoms with Gasteiger partial charge in [-0.1, -0.05) is 30.3 Å². The van der Waals surface area contributed by atoms with Crippen LogP contribution in [0.2, 0.25) is 0 Å². The Labute approximate surface area is 136 Å². The highest BCUT2D eigenvalue weighted by molar-refractivity contribution is 7.14. The van der Waals surface area contributed by atoms with Gasteiger partial charge in [0.25, 0.3) is 0 Å². The van der Waals surface area contributed by atoms with Crippen molar-refractivity contribution in [2.75, 3.05) is 5.32 Å². The van der Waals surface area contributed by atoms with Crippen molar-refractivity contribution in [3.8, 4) is 11.3 Å². The molecule has 22 heavy (non-hydrogen) atoms. The van der Waals surface area contributed by atoms with Gasteiger partial charge in [-0.2, -0.15) is 0 Å². The molecular formula is C19H22N2S. The minimum atomic E-state index is 0.362. The Bertz CT molecular complexity index is 640. The first kappa shape index (κ1) is 13.1. The summed E-state index contributed by atoms with van der Waals surface area (Å²) in [5.41, 5.74) is 2.69. The highest BCUT2D eigenvalue weighted by Crippen LogP contribution is 2.56. The zero-order chi connectivity index (χ0) is 14.6. The SMILES string of the molecule is c1ccc(-c2csc(NC34CC5CC(CC(C5)C3)C4)n2)cc1. The average Bonchev–Trinajstić information content (AvgIpc) is 2.94. The Morgan fingerprint density at radius 2 is 1.59 bits per heavy atom. The molecule has 0 unspecified atom stereocenters. The van der Waals surface area contributed by atoms with Crippen molar-refractivity contribution in [3.63, 3.8) is 0 Å².